The van der Waals surface area contributed by atoms with E-state index >= 15 is 0 Å². The molecule has 5 nitrogen and oxygen atoms in total. The van der Waals surface area contributed by atoms with Crippen LogP contribution in [-0.4, -0.2) is 53.3 Å². The van der Waals surface area contributed by atoms with Crippen LogP contribution in [0.3, 0.4) is 0 Å². The second-order valence-electron chi connectivity index (χ2n) is 6.26. The fourth-order valence-corrected chi connectivity index (χ4v) is 3.09. The van der Waals surface area contributed by atoms with Gasteiger partial charge in [0, 0.05) is 36.8 Å². The smallest absolute Gasteiger partial charge is 0.254 e. The molecule has 2 amide bonds. The molecule has 1 heterocycles. The number of hydrogen-bond acceptors (Lipinski definition) is 3. The second-order valence-corrected chi connectivity index (χ2v) is 6.70. The Bertz CT molecular complexity index is 581. The van der Waals surface area contributed by atoms with Crippen LogP contribution in [0.4, 0.5) is 0 Å². The summed E-state index contributed by atoms with van der Waals surface area (Å²) in [4.78, 5) is 28.5. The third kappa shape index (κ3) is 4.24. The van der Waals surface area contributed by atoms with Gasteiger partial charge < -0.3 is 15.5 Å². The van der Waals surface area contributed by atoms with Gasteiger partial charge in [0.05, 0.1) is 5.54 Å². The molecule has 0 bridgehead atoms. The van der Waals surface area contributed by atoms with Gasteiger partial charge >= 0.3 is 0 Å². The molecule has 0 saturated carbocycles. The molecule has 0 radical (unpaired) electrons. The summed E-state index contributed by atoms with van der Waals surface area (Å²) in [5, 5.41) is 0.545. The largest absolute Gasteiger partial charge is 0.338 e. The first-order chi connectivity index (χ1) is 10.8. The van der Waals surface area contributed by atoms with Gasteiger partial charge in [-0.05, 0) is 31.5 Å². The fourth-order valence-electron chi connectivity index (χ4n) is 2.90. The van der Waals surface area contributed by atoms with E-state index in [0.29, 0.717) is 43.2 Å². The normalized spacial score (nSPS) is 17.7. The first-order valence-electron chi connectivity index (χ1n) is 7.98. The molecule has 126 valence electrons. The van der Waals surface area contributed by atoms with Crippen LogP contribution >= 0.6 is 11.6 Å². The van der Waals surface area contributed by atoms with Gasteiger partial charge in [-0.3, -0.25) is 9.59 Å². The zero-order chi connectivity index (χ0) is 17.0. The molecular weight excluding hydrogens is 314 g/mol. The maximum Gasteiger partial charge on any atom is 0.254 e. The van der Waals surface area contributed by atoms with E-state index in [2.05, 4.69) is 0 Å². The molecule has 1 aromatic carbocycles. The lowest BCUT2D eigenvalue weighted by atomic mass is 9.95. The highest BCUT2D eigenvalue weighted by atomic mass is 35.5. The number of benzene rings is 1. The van der Waals surface area contributed by atoms with Crippen molar-refractivity contribution in [3.63, 3.8) is 0 Å². The lowest BCUT2D eigenvalue weighted by molar-refractivity contribution is -0.138. The maximum absolute atomic E-state index is 12.5. The molecule has 1 saturated heterocycles. The number of carbonyl (C=O) groups is 2. The lowest BCUT2D eigenvalue weighted by Crippen LogP contribution is -2.58. The number of nitrogens with two attached hydrogens (primary N) is 1. The highest BCUT2D eigenvalue weighted by Gasteiger charge is 2.34. The van der Waals surface area contributed by atoms with E-state index in [-0.39, 0.29) is 11.8 Å². The summed E-state index contributed by atoms with van der Waals surface area (Å²) in [5.74, 6) is -0.0853. The Labute approximate surface area is 142 Å². The molecule has 1 aromatic rings. The third-order valence-corrected chi connectivity index (χ3v) is 4.42. The zero-order valence-electron chi connectivity index (χ0n) is 13.7. The highest BCUT2D eigenvalue weighted by Crippen LogP contribution is 2.17. The van der Waals surface area contributed by atoms with E-state index in [1.807, 2.05) is 6.92 Å². The van der Waals surface area contributed by atoms with Crippen LogP contribution in [-0.2, 0) is 4.79 Å². The van der Waals surface area contributed by atoms with Crippen LogP contribution in [0.15, 0.2) is 24.3 Å². The molecule has 1 unspecified atom stereocenters. The van der Waals surface area contributed by atoms with E-state index in [1.54, 1.807) is 41.0 Å². The molecule has 0 aromatic heterocycles. The number of nitrogens with zero attached hydrogens (tertiary/aromatic N) is 2. The minimum absolute atomic E-state index is 0.0331. The van der Waals surface area contributed by atoms with Crippen LogP contribution in [0.1, 0.15) is 37.0 Å². The Morgan fingerprint density at radius 1 is 1.22 bits per heavy atom. The number of hydrogen-bond donors (Lipinski definition) is 1. The second kappa shape index (κ2) is 7.32. The number of piperazine rings is 1. The summed E-state index contributed by atoms with van der Waals surface area (Å²) >= 11 is 5.93. The van der Waals surface area contributed by atoms with Crippen molar-refractivity contribution < 1.29 is 9.59 Å². The van der Waals surface area contributed by atoms with Gasteiger partial charge in [-0.1, -0.05) is 31.0 Å². The van der Waals surface area contributed by atoms with Crippen molar-refractivity contribution in [1.29, 1.82) is 0 Å². The lowest BCUT2D eigenvalue weighted by Gasteiger charge is -2.38. The molecule has 1 fully saturated rings. The topological polar surface area (TPSA) is 66.6 Å². The number of amides is 2. The van der Waals surface area contributed by atoms with Crippen LogP contribution in [0, 0.1) is 0 Å². The summed E-state index contributed by atoms with van der Waals surface area (Å²) in [6.45, 7) is 5.85. The van der Waals surface area contributed by atoms with Gasteiger partial charge in [0.2, 0.25) is 5.91 Å². The van der Waals surface area contributed by atoms with Gasteiger partial charge in [-0.25, -0.2) is 0 Å². The average Bonchev–Trinajstić information content (AvgIpc) is 2.53. The van der Waals surface area contributed by atoms with E-state index < -0.39 is 5.54 Å². The number of carbonyl (C=O) groups excluding carboxylic acids is 2. The fraction of sp³-hybridized carbons (Fsp3) is 0.529. The molecule has 2 N–H and O–H groups in total. The van der Waals surface area contributed by atoms with E-state index in [1.165, 1.54) is 0 Å². The van der Waals surface area contributed by atoms with Crippen LogP contribution in [0.25, 0.3) is 0 Å². The van der Waals surface area contributed by atoms with Gasteiger partial charge in [-0.15, -0.1) is 0 Å². The van der Waals surface area contributed by atoms with Crippen LogP contribution in [0.5, 0.6) is 0 Å². The van der Waals surface area contributed by atoms with E-state index in [0.717, 1.165) is 6.42 Å². The molecule has 2 rings (SSSR count). The monoisotopic (exact) mass is 337 g/mol. The third-order valence-electron chi connectivity index (χ3n) is 4.18. The van der Waals surface area contributed by atoms with Gasteiger partial charge in [0.1, 0.15) is 0 Å². The summed E-state index contributed by atoms with van der Waals surface area (Å²) in [5.41, 5.74) is 5.87. The van der Waals surface area contributed by atoms with Crippen molar-refractivity contribution in [2.24, 2.45) is 5.73 Å². The Balaban J connectivity index is 1.96. The predicted octanol–water partition coefficient (Wildman–Crippen LogP) is 2.14. The summed E-state index contributed by atoms with van der Waals surface area (Å²) in [7, 11) is 0. The average molecular weight is 338 g/mol. The first kappa shape index (κ1) is 17.8. The molecule has 23 heavy (non-hydrogen) atoms. The minimum Gasteiger partial charge on any atom is -0.338 e. The first-order valence-corrected chi connectivity index (χ1v) is 8.36. The van der Waals surface area contributed by atoms with Gasteiger partial charge in [-0.2, -0.15) is 0 Å². The Hall–Kier alpha value is -1.59. The van der Waals surface area contributed by atoms with Crippen molar-refractivity contribution in [1.82, 2.24) is 9.80 Å². The van der Waals surface area contributed by atoms with Gasteiger partial charge in [0.15, 0.2) is 0 Å². The summed E-state index contributed by atoms with van der Waals surface area (Å²) in [6, 6.07) is 6.92. The predicted molar refractivity (Wildman–Crippen MR) is 91.4 cm³/mol. The van der Waals surface area contributed by atoms with Crippen molar-refractivity contribution in [3.05, 3.63) is 34.9 Å². The Morgan fingerprint density at radius 2 is 1.83 bits per heavy atom. The van der Waals surface area contributed by atoms with Crippen molar-refractivity contribution in [2.75, 3.05) is 26.2 Å². The Kier molecular flexibility index (Phi) is 5.65. The molecule has 1 atom stereocenters. The highest BCUT2D eigenvalue weighted by molar-refractivity contribution is 6.30. The van der Waals surface area contributed by atoms with E-state index in [4.69, 9.17) is 17.3 Å². The van der Waals surface area contributed by atoms with Crippen molar-refractivity contribution in [2.45, 2.75) is 32.2 Å². The molecule has 1 aliphatic rings. The zero-order valence-corrected chi connectivity index (χ0v) is 14.5. The Morgan fingerprint density at radius 3 is 2.39 bits per heavy atom. The van der Waals surface area contributed by atoms with Crippen molar-refractivity contribution in [3.8, 4) is 0 Å². The van der Waals surface area contributed by atoms with Crippen molar-refractivity contribution >= 4 is 23.4 Å². The quantitative estimate of drug-likeness (QED) is 0.915. The summed E-state index contributed by atoms with van der Waals surface area (Å²) < 4.78 is 0. The molecule has 0 aliphatic carbocycles. The minimum atomic E-state index is -0.826. The number of halogens is 1. The summed E-state index contributed by atoms with van der Waals surface area (Å²) in [6.07, 6.45) is 1.53. The molecule has 1 aliphatic heterocycles. The van der Waals surface area contributed by atoms with Gasteiger partial charge in [0.25, 0.3) is 5.91 Å². The molecular formula is C17H24ClN3O2. The van der Waals surface area contributed by atoms with E-state index in [9.17, 15) is 9.59 Å². The standard InChI is InChI=1S/C17H24ClN3O2/c1-3-7-17(2,19)16(23)21-10-8-20(9-11-21)15(22)13-5-4-6-14(18)12-13/h4-6,12H,3,7-11,19H2,1-2H3. The van der Waals surface area contributed by atoms with Crippen LogP contribution in [0.2, 0.25) is 5.02 Å². The number of rotatable bonds is 4. The van der Waals surface area contributed by atoms with Crippen LogP contribution < -0.4 is 5.73 Å². The SMILES string of the molecule is CCCC(C)(N)C(=O)N1CCN(C(=O)c2cccc(Cl)c2)CC1. The maximum atomic E-state index is 12.5. The molecule has 0 spiro atoms. The molecule has 6 heteroatoms.